The SMILES string of the molecule is C=CC(=O)O.C=CC(=O)OC.C=CC(=O)OC1(C)C2CC3CC(C2)CC1C3. The third kappa shape index (κ3) is 6.08. The van der Waals surface area contributed by atoms with E-state index in [-0.39, 0.29) is 11.6 Å². The van der Waals surface area contributed by atoms with Gasteiger partial charge in [-0.1, -0.05) is 19.7 Å². The van der Waals surface area contributed by atoms with Gasteiger partial charge in [-0.05, 0) is 62.7 Å². The van der Waals surface area contributed by atoms with Gasteiger partial charge in [0, 0.05) is 18.2 Å². The Hall–Kier alpha value is -2.37. The minimum Gasteiger partial charge on any atom is -0.478 e. The van der Waals surface area contributed by atoms with Crippen molar-refractivity contribution in [2.45, 2.75) is 44.6 Å². The van der Waals surface area contributed by atoms with Gasteiger partial charge in [-0.2, -0.15) is 0 Å². The van der Waals surface area contributed by atoms with Crippen molar-refractivity contribution in [1.29, 1.82) is 0 Å². The van der Waals surface area contributed by atoms with E-state index < -0.39 is 11.9 Å². The Labute approximate surface area is 160 Å². The van der Waals surface area contributed by atoms with E-state index in [2.05, 4.69) is 31.4 Å². The highest BCUT2D eigenvalue weighted by molar-refractivity contribution is 5.81. The van der Waals surface area contributed by atoms with Gasteiger partial charge in [0.2, 0.25) is 0 Å². The summed E-state index contributed by atoms with van der Waals surface area (Å²) in [7, 11) is 1.31. The maximum atomic E-state index is 11.5. The quantitative estimate of drug-likeness (QED) is 0.594. The predicted octanol–water partition coefficient (Wildman–Crippen LogP) is 3.53. The van der Waals surface area contributed by atoms with Crippen molar-refractivity contribution in [1.82, 2.24) is 0 Å². The molecule has 4 bridgehead atoms. The average molecular weight is 378 g/mol. The molecule has 4 aliphatic rings. The molecule has 6 nitrogen and oxygen atoms in total. The summed E-state index contributed by atoms with van der Waals surface area (Å²) < 4.78 is 9.85. The molecule has 0 spiro atoms. The summed E-state index contributed by atoms with van der Waals surface area (Å²) in [5, 5.41) is 7.60. The van der Waals surface area contributed by atoms with Crippen LogP contribution in [0.5, 0.6) is 0 Å². The summed E-state index contributed by atoms with van der Waals surface area (Å²) in [5.41, 5.74) is -0.196. The number of carboxylic acids is 1. The molecular weight excluding hydrogens is 348 g/mol. The lowest BCUT2D eigenvalue weighted by molar-refractivity contribution is -0.198. The fourth-order valence-corrected chi connectivity index (χ4v) is 4.63. The zero-order valence-corrected chi connectivity index (χ0v) is 16.2. The molecule has 4 saturated carbocycles. The molecule has 0 aromatic heterocycles. The summed E-state index contributed by atoms with van der Waals surface area (Å²) in [4.78, 5) is 30.6. The first-order valence-corrected chi connectivity index (χ1v) is 9.11. The second kappa shape index (κ2) is 10.1. The van der Waals surface area contributed by atoms with Gasteiger partial charge in [0.05, 0.1) is 7.11 Å². The smallest absolute Gasteiger partial charge is 0.330 e. The van der Waals surface area contributed by atoms with E-state index in [0.717, 1.165) is 24.0 Å². The number of carbonyl (C=O) groups is 3. The minimum atomic E-state index is -0.981. The monoisotopic (exact) mass is 378 g/mol. The number of methoxy groups -OCH3 is 1. The molecule has 4 aliphatic carbocycles. The van der Waals surface area contributed by atoms with Gasteiger partial charge in [-0.15, -0.1) is 0 Å². The van der Waals surface area contributed by atoms with Crippen molar-refractivity contribution in [3.05, 3.63) is 38.0 Å². The first-order chi connectivity index (χ1) is 12.7. The molecule has 27 heavy (non-hydrogen) atoms. The Morgan fingerprint density at radius 2 is 1.30 bits per heavy atom. The van der Waals surface area contributed by atoms with E-state index in [1.807, 2.05) is 0 Å². The van der Waals surface area contributed by atoms with Crippen LogP contribution in [0.3, 0.4) is 0 Å². The first kappa shape index (κ1) is 22.7. The predicted molar refractivity (Wildman–Crippen MR) is 102 cm³/mol. The van der Waals surface area contributed by atoms with Crippen molar-refractivity contribution in [3.63, 3.8) is 0 Å². The molecule has 0 aromatic rings. The molecule has 1 N–H and O–H groups in total. The van der Waals surface area contributed by atoms with Crippen LogP contribution in [0, 0.1) is 23.7 Å². The van der Waals surface area contributed by atoms with Crippen LogP contribution < -0.4 is 0 Å². The molecule has 0 atom stereocenters. The Morgan fingerprint density at radius 3 is 1.56 bits per heavy atom. The molecule has 0 unspecified atom stereocenters. The number of carbonyl (C=O) groups excluding carboxylic acids is 2. The van der Waals surface area contributed by atoms with Gasteiger partial charge in [0.25, 0.3) is 0 Å². The maximum absolute atomic E-state index is 11.5. The highest BCUT2D eigenvalue weighted by atomic mass is 16.6. The summed E-state index contributed by atoms with van der Waals surface area (Å²) in [6.45, 7) is 11.8. The van der Waals surface area contributed by atoms with Crippen LogP contribution in [0.1, 0.15) is 39.0 Å². The van der Waals surface area contributed by atoms with Gasteiger partial charge in [0.1, 0.15) is 5.60 Å². The van der Waals surface area contributed by atoms with Gasteiger partial charge >= 0.3 is 17.9 Å². The number of hydrogen-bond acceptors (Lipinski definition) is 5. The topological polar surface area (TPSA) is 89.9 Å². The Balaban J connectivity index is 0.000000278. The fraction of sp³-hybridized carbons (Fsp3) is 0.571. The number of carboxylic acid groups (broad SMARTS) is 1. The molecule has 0 heterocycles. The third-order valence-corrected chi connectivity index (χ3v) is 5.79. The van der Waals surface area contributed by atoms with Crippen LogP contribution in [0.25, 0.3) is 0 Å². The van der Waals surface area contributed by atoms with E-state index >= 15 is 0 Å². The van der Waals surface area contributed by atoms with Crippen molar-refractivity contribution < 1.29 is 29.0 Å². The van der Waals surface area contributed by atoms with Crippen LogP contribution >= 0.6 is 0 Å². The van der Waals surface area contributed by atoms with E-state index in [0.29, 0.717) is 11.8 Å². The van der Waals surface area contributed by atoms with Crippen molar-refractivity contribution in [2.24, 2.45) is 23.7 Å². The first-order valence-electron chi connectivity index (χ1n) is 9.11. The van der Waals surface area contributed by atoms with Crippen LogP contribution in [-0.4, -0.2) is 35.7 Å². The second-order valence-electron chi connectivity index (χ2n) is 7.38. The van der Waals surface area contributed by atoms with Crippen LogP contribution in [0.4, 0.5) is 0 Å². The highest BCUT2D eigenvalue weighted by Gasteiger charge is 2.56. The number of rotatable bonds is 4. The zero-order chi connectivity index (χ0) is 20.6. The maximum Gasteiger partial charge on any atom is 0.330 e. The van der Waals surface area contributed by atoms with Crippen LogP contribution in [-0.2, 0) is 23.9 Å². The molecule has 0 aliphatic heterocycles. The van der Waals surface area contributed by atoms with Crippen molar-refractivity contribution >= 4 is 17.9 Å². The minimum absolute atomic E-state index is 0.196. The van der Waals surface area contributed by atoms with Crippen LogP contribution in [0.15, 0.2) is 38.0 Å². The van der Waals surface area contributed by atoms with Gasteiger partial charge in [-0.3, -0.25) is 0 Å². The standard InChI is InChI=1S/C14H20O2.C4H6O2.C3H4O2/c1-3-13(15)16-14(2)11-5-9-4-10(7-11)8-12(14)6-9;1-3-4(5)6-2;1-2-3(4)5/h3,9-12H,1,4-8H2,2H3;3H,1H2,2H3;2H,1H2,(H,4,5). The lowest BCUT2D eigenvalue weighted by atomic mass is 9.50. The lowest BCUT2D eigenvalue weighted by Crippen LogP contribution is -2.57. The number of ether oxygens (including phenoxy) is 2. The molecule has 4 fully saturated rings. The molecular formula is C21H30O6. The highest BCUT2D eigenvalue weighted by Crippen LogP contribution is 2.59. The van der Waals surface area contributed by atoms with E-state index in [4.69, 9.17) is 9.84 Å². The molecule has 0 saturated heterocycles. The fourth-order valence-electron chi connectivity index (χ4n) is 4.63. The summed E-state index contributed by atoms with van der Waals surface area (Å²) in [5.74, 6) is 1.42. The second-order valence-corrected chi connectivity index (χ2v) is 7.38. The summed E-state index contributed by atoms with van der Waals surface area (Å²) in [6.07, 6.45) is 9.76. The third-order valence-electron chi connectivity index (χ3n) is 5.79. The lowest BCUT2D eigenvalue weighted by Gasteiger charge is -2.58. The number of hydrogen-bond donors (Lipinski definition) is 1. The Morgan fingerprint density at radius 1 is 0.889 bits per heavy atom. The van der Waals surface area contributed by atoms with Gasteiger partial charge < -0.3 is 14.6 Å². The number of esters is 2. The molecule has 150 valence electrons. The van der Waals surface area contributed by atoms with E-state index in [1.165, 1.54) is 45.3 Å². The molecule has 6 heteroatoms. The molecule has 4 rings (SSSR count). The summed E-state index contributed by atoms with van der Waals surface area (Å²) in [6, 6.07) is 0. The van der Waals surface area contributed by atoms with Gasteiger partial charge in [0.15, 0.2) is 0 Å². The van der Waals surface area contributed by atoms with Crippen molar-refractivity contribution in [3.8, 4) is 0 Å². The normalized spacial score (nSPS) is 31.8. The Kier molecular flexibility index (Phi) is 8.47. The number of aliphatic carboxylic acids is 1. The van der Waals surface area contributed by atoms with E-state index in [1.54, 1.807) is 0 Å². The zero-order valence-electron chi connectivity index (χ0n) is 16.2. The molecule has 0 amide bonds. The molecule has 0 aromatic carbocycles. The van der Waals surface area contributed by atoms with E-state index in [9.17, 15) is 14.4 Å². The van der Waals surface area contributed by atoms with Crippen molar-refractivity contribution in [2.75, 3.05) is 7.11 Å². The van der Waals surface area contributed by atoms with Gasteiger partial charge in [-0.25, -0.2) is 14.4 Å². The van der Waals surface area contributed by atoms with Crippen LogP contribution in [0.2, 0.25) is 0 Å². The largest absolute Gasteiger partial charge is 0.478 e. The molecule has 0 radical (unpaired) electrons. The average Bonchev–Trinajstić information content (AvgIpc) is 2.65. The summed E-state index contributed by atoms with van der Waals surface area (Å²) >= 11 is 0. The Bertz CT molecular complexity index is 563.